The van der Waals surface area contributed by atoms with Crippen molar-refractivity contribution in [2.75, 3.05) is 19.7 Å². The Kier molecular flexibility index (Phi) is 5.75. The standard InChI is InChI=1S/C23H30F2N4O2/c1-13(2)16-10-29(11-16)20-18(24)8-15(9-28-20)17-5-3-4-14(19(17)25)12-31-22(30)23(6-7-23)21(26)27/h3-5,9,13,15-17,19H,6-8,10-12H2,1-2H3,(H3,26,27). The number of ether oxygens (including phenoxy) is 1. The van der Waals surface area contributed by atoms with Crippen molar-refractivity contribution in [3.8, 4) is 0 Å². The molecule has 3 N–H and O–H groups in total. The van der Waals surface area contributed by atoms with Crippen molar-refractivity contribution in [3.05, 3.63) is 35.4 Å². The van der Waals surface area contributed by atoms with E-state index < -0.39 is 29.4 Å². The number of likely N-dealkylation sites (tertiary alicyclic amines) is 1. The molecule has 4 rings (SSSR count). The molecule has 0 bridgehead atoms. The Balaban J connectivity index is 1.34. The summed E-state index contributed by atoms with van der Waals surface area (Å²) in [7, 11) is 0. The van der Waals surface area contributed by atoms with Crippen molar-refractivity contribution in [3.63, 3.8) is 0 Å². The number of hydrogen-bond donors (Lipinski definition) is 2. The highest BCUT2D eigenvalue weighted by atomic mass is 19.1. The Morgan fingerprint density at radius 2 is 2.13 bits per heavy atom. The number of carbonyl (C=O) groups excluding carboxylic acids is 1. The van der Waals surface area contributed by atoms with Gasteiger partial charge in [-0.25, -0.2) is 13.8 Å². The molecule has 3 unspecified atom stereocenters. The van der Waals surface area contributed by atoms with Gasteiger partial charge in [-0.15, -0.1) is 0 Å². The summed E-state index contributed by atoms with van der Waals surface area (Å²) < 4.78 is 35.3. The lowest BCUT2D eigenvalue weighted by Gasteiger charge is -2.44. The van der Waals surface area contributed by atoms with Gasteiger partial charge in [0.15, 0.2) is 5.82 Å². The lowest BCUT2D eigenvalue weighted by Crippen LogP contribution is -2.48. The zero-order valence-corrected chi connectivity index (χ0v) is 18.0. The maximum absolute atomic E-state index is 15.2. The fraction of sp³-hybridized carbons (Fsp3) is 0.609. The zero-order valence-electron chi connectivity index (χ0n) is 18.0. The first-order chi connectivity index (χ1) is 14.7. The number of rotatable bonds is 7. The fourth-order valence-corrected chi connectivity index (χ4v) is 4.41. The van der Waals surface area contributed by atoms with Crippen molar-refractivity contribution in [1.29, 1.82) is 5.41 Å². The number of halogens is 2. The average Bonchev–Trinajstić information content (AvgIpc) is 3.49. The minimum atomic E-state index is -1.40. The lowest BCUT2D eigenvalue weighted by atomic mass is 9.80. The largest absolute Gasteiger partial charge is 0.460 e. The maximum Gasteiger partial charge on any atom is 0.320 e. The van der Waals surface area contributed by atoms with Gasteiger partial charge >= 0.3 is 5.97 Å². The summed E-state index contributed by atoms with van der Waals surface area (Å²) in [6, 6.07) is 0. The molecule has 4 aliphatic rings. The van der Waals surface area contributed by atoms with Crippen LogP contribution in [0.2, 0.25) is 0 Å². The summed E-state index contributed by atoms with van der Waals surface area (Å²) in [6.07, 6.45) is 6.38. The molecule has 8 heteroatoms. The molecular formula is C23H30F2N4O2. The SMILES string of the molecule is CC(C)C1CN(C2=C(F)CC(C3C=CC=C(COC(=O)C4(C(=N)N)CC4)C3F)C=N2)C1. The molecule has 2 fully saturated rings. The summed E-state index contributed by atoms with van der Waals surface area (Å²) in [4.78, 5) is 18.5. The van der Waals surface area contributed by atoms with Crippen LogP contribution >= 0.6 is 0 Å². The van der Waals surface area contributed by atoms with E-state index in [1.807, 2.05) is 4.90 Å². The van der Waals surface area contributed by atoms with Crippen LogP contribution in [0.5, 0.6) is 0 Å². The number of nitrogens with zero attached hydrogens (tertiary/aromatic N) is 2. The third-order valence-corrected chi connectivity index (χ3v) is 7.05. The van der Waals surface area contributed by atoms with E-state index in [0.717, 1.165) is 13.1 Å². The number of alkyl halides is 1. The second-order valence-electron chi connectivity index (χ2n) is 9.46. The second-order valence-corrected chi connectivity index (χ2v) is 9.46. The fourth-order valence-electron chi connectivity index (χ4n) is 4.41. The van der Waals surface area contributed by atoms with Gasteiger partial charge in [0, 0.05) is 43.1 Å². The summed E-state index contributed by atoms with van der Waals surface area (Å²) >= 11 is 0. The summed E-state index contributed by atoms with van der Waals surface area (Å²) in [5.74, 6) is -0.556. The Hall–Kier alpha value is -2.51. The van der Waals surface area contributed by atoms with E-state index in [4.69, 9.17) is 15.9 Å². The van der Waals surface area contributed by atoms with Gasteiger partial charge in [0.05, 0.1) is 0 Å². The van der Waals surface area contributed by atoms with Crippen LogP contribution in [-0.2, 0) is 9.53 Å². The van der Waals surface area contributed by atoms with Gasteiger partial charge < -0.3 is 15.4 Å². The van der Waals surface area contributed by atoms with Crippen molar-refractivity contribution in [2.45, 2.75) is 39.3 Å². The Labute approximate surface area is 181 Å². The molecule has 0 radical (unpaired) electrons. The number of carbonyl (C=O) groups is 1. The highest BCUT2D eigenvalue weighted by molar-refractivity contribution is 6.06. The van der Waals surface area contributed by atoms with E-state index >= 15 is 4.39 Å². The molecule has 0 aromatic rings. The van der Waals surface area contributed by atoms with Crippen LogP contribution in [0, 0.1) is 34.5 Å². The minimum absolute atomic E-state index is 0.109. The Morgan fingerprint density at radius 1 is 1.42 bits per heavy atom. The first-order valence-corrected chi connectivity index (χ1v) is 10.9. The van der Waals surface area contributed by atoms with Crippen molar-refractivity contribution in [2.24, 2.45) is 39.8 Å². The summed E-state index contributed by atoms with van der Waals surface area (Å²) in [5.41, 5.74) is 4.80. The molecule has 2 heterocycles. The smallest absolute Gasteiger partial charge is 0.320 e. The van der Waals surface area contributed by atoms with Crippen molar-refractivity contribution >= 4 is 18.0 Å². The van der Waals surface area contributed by atoms with E-state index in [2.05, 4.69) is 18.8 Å². The van der Waals surface area contributed by atoms with Crippen molar-refractivity contribution < 1.29 is 18.3 Å². The normalized spacial score (nSPS) is 29.6. The van der Waals surface area contributed by atoms with Gasteiger partial charge in [-0.2, -0.15) is 0 Å². The molecule has 0 amide bonds. The molecule has 31 heavy (non-hydrogen) atoms. The van der Waals surface area contributed by atoms with E-state index in [1.165, 1.54) is 0 Å². The highest BCUT2D eigenvalue weighted by Gasteiger charge is 2.54. The van der Waals surface area contributed by atoms with Gasteiger partial charge in [0.2, 0.25) is 0 Å². The van der Waals surface area contributed by atoms with Crippen LogP contribution in [0.3, 0.4) is 0 Å². The van der Waals surface area contributed by atoms with E-state index in [9.17, 15) is 9.18 Å². The number of aliphatic imine (C=N–C) groups is 1. The molecule has 0 spiro atoms. The molecule has 168 valence electrons. The van der Waals surface area contributed by atoms with Gasteiger partial charge in [-0.3, -0.25) is 10.2 Å². The monoisotopic (exact) mass is 432 g/mol. The third-order valence-electron chi connectivity index (χ3n) is 7.05. The zero-order chi connectivity index (χ0) is 22.3. The van der Waals surface area contributed by atoms with E-state index in [0.29, 0.717) is 36.1 Å². The second kappa shape index (κ2) is 8.20. The number of hydrogen-bond acceptors (Lipinski definition) is 5. The van der Waals surface area contributed by atoms with Gasteiger partial charge in [0.25, 0.3) is 0 Å². The van der Waals surface area contributed by atoms with E-state index in [-0.39, 0.29) is 24.7 Å². The predicted octanol–water partition coefficient (Wildman–Crippen LogP) is 3.51. The van der Waals surface area contributed by atoms with Gasteiger partial charge in [-0.1, -0.05) is 32.1 Å². The van der Waals surface area contributed by atoms with Crippen LogP contribution in [-0.4, -0.2) is 48.8 Å². The Bertz CT molecular complexity index is 882. The number of esters is 1. The lowest BCUT2D eigenvalue weighted by molar-refractivity contribution is -0.146. The molecule has 1 saturated heterocycles. The van der Waals surface area contributed by atoms with Crippen molar-refractivity contribution in [1.82, 2.24) is 4.90 Å². The van der Waals surface area contributed by atoms with E-state index in [1.54, 1.807) is 24.4 Å². The Morgan fingerprint density at radius 3 is 2.71 bits per heavy atom. The molecule has 6 nitrogen and oxygen atoms in total. The average molecular weight is 433 g/mol. The van der Waals surface area contributed by atoms with Crippen LogP contribution < -0.4 is 5.73 Å². The van der Waals surface area contributed by atoms with Crippen LogP contribution in [0.1, 0.15) is 33.1 Å². The summed E-state index contributed by atoms with van der Waals surface area (Å²) in [5, 5.41) is 7.55. The maximum atomic E-state index is 15.2. The predicted molar refractivity (Wildman–Crippen MR) is 115 cm³/mol. The number of nitrogens with one attached hydrogen (secondary N) is 1. The summed E-state index contributed by atoms with van der Waals surface area (Å²) in [6.45, 7) is 5.73. The third kappa shape index (κ3) is 4.04. The molecule has 2 aliphatic heterocycles. The topological polar surface area (TPSA) is 91.8 Å². The van der Waals surface area contributed by atoms with Crippen LogP contribution in [0.15, 0.2) is 40.4 Å². The first-order valence-electron chi connectivity index (χ1n) is 10.9. The number of nitrogens with two attached hydrogens (primary N) is 1. The molecule has 0 aromatic heterocycles. The molecule has 0 aromatic carbocycles. The van der Waals surface area contributed by atoms with Gasteiger partial charge in [0.1, 0.15) is 29.9 Å². The minimum Gasteiger partial charge on any atom is -0.460 e. The van der Waals surface area contributed by atoms with Crippen LogP contribution in [0.25, 0.3) is 0 Å². The molecule has 3 atom stereocenters. The number of amidine groups is 1. The molecule has 2 aliphatic carbocycles. The number of allylic oxidation sites excluding steroid dienone is 4. The first kappa shape index (κ1) is 21.7. The van der Waals surface area contributed by atoms with Gasteiger partial charge in [-0.05, 0) is 24.7 Å². The quantitative estimate of drug-likeness (QED) is 0.366. The molecule has 1 saturated carbocycles. The van der Waals surface area contributed by atoms with Crippen LogP contribution in [0.4, 0.5) is 8.78 Å². The molecular weight excluding hydrogens is 402 g/mol. The highest BCUT2D eigenvalue weighted by Crippen LogP contribution is 2.47.